The summed E-state index contributed by atoms with van der Waals surface area (Å²) in [7, 11) is 0. The lowest BCUT2D eigenvalue weighted by atomic mass is 9.90. The number of carbonyl (C=O) groups is 1. The van der Waals surface area contributed by atoms with Gasteiger partial charge in [-0.3, -0.25) is 4.90 Å². The van der Waals surface area contributed by atoms with Gasteiger partial charge in [0.2, 0.25) is 0 Å². The number of hydrogen-bond acceptors (Lipinski definition) is 3. The summed E-state index contributed by atoms with van der Waals surface area (Å²) in [6.45, 7) is 1.90. The van der Waals surface area contributed by atoms with Gasteiger partial charge in [-0.2, -0.15) is 0 Å². The fourth-order valence-electron chi connectivity index (χ4n) is 3.42. The first-order chi connectivity index (χ1) is 10.1. The molecule has 0 bridgehead atoms. The molecule has 1 aromatic carbocycles. The Morgan fingerprint density at radius 2 is 2.19 bits per heavy atom. The molecule has 0 spiro atoms. The van der Waals surface area contributed by atoms with Gasteiger partial charge < -0.3 is 9.84 Å². The van der Waals surface area contributed by atoms with Crippen LogP contribution in [0.25, 0.3) is 0 Å². The van der Waals surface area contributed by atoms with Gasteiger partial charge in [0.25, 0.3) is 0 Å². The highest BCUT2D eigenvalue weighted by Gasteiger charge is 2.34. The molecule has 1 aromatic rings. The topological polar surface area (TPSA) is 49.8 Å². The molecule has 2 aliphatic rings. The number of aromatic carboxylic acids is 1. The van der Waals surface area contributed by atoms with Crippen LogP contribution in [-0.4, -0.2) is 41.3 Å². The minimum atomic E-state index is -1.02. The van der Waals surface area contributed by atoms with Crippen LogP contribution in [0, 0.1) is 5.82 Å². The third-order valence-corrected chi connectivity index (χ3v) is 4.51. The lowest BCUT2D eigenvalue weighted by Crippen LogP contribution is -2.52. The minimum Gasteiger partial charge on any atom is -0.478 e. The molecule has 3 rings (SSSR count). The molecular weight excluding hydrogens is 273 g/mol. The summed E-state index contributed by atoms with van der Waals surface area (Å²) in [5.74, 6) is -1.35. The maximum absolute atomic E-state index is 14.0. The third-order valence-electron chi connectivity index (χ3n) is 4.51. The predicted octanol–water partition coefficient (Wildman–Crippen LogP) is 2.67. The van der Waals surface area contributed by atoms with Gasteiger partial charge in [0.1, 0.15) is 5.82 Å². The fourth-order valence-corrected chi connectivity index (χ4v) is 3.42. The van der Waals surface area contributed by atoms with Gasteiger partial charge >= 0.3 is 5.97 Å². The standard InChI is InChI=1S/C16H20FNO3/c17-13-6-5-11(16(19)20)9-12(13)10-18-7-8-21-15-4-2-1-3-14(15)18/h5-6,9,14-15H,1-4,7-8,10H2,(H,19,20). The number of morpholine rings is 1. The Hall–Kier alpha value is -1.46. The van der Waals surface area contributed by atoms with E-state index in [-0.39, 0.29) is 17.5 Å². The predicted molar refractivity (Wildman–Crippen MR) is 75.8 cm³/mol. The zero-order chi connectivity index (χ0) is 14.8. The summed E-state index contributed by atoms with van der Waals surface area (Å²) < 4.78 is 19.8. The molecule has 2 fully saturated rings. The lowest BCUT2D eigenvalue weighted by Gasteiger charge is -2.43. The smallest absolute Gasteiger partial charge is 0.335 e. The second-order valence-corrected chi connectivity index (χ2v) is 5.84. The maximum atomic E-state index is 14.0. The van der Waals surface area contributed by atoms with Crippen molar-refractivity contribution in [2.24, 2.45) is 0 Å². The molecule has 5 heteroatoms. The largest absolute Gasteiger partial charge is 0.478 e. The first-order valence-corrected chi connectivity index (χ1v) is 7.52. The van der Waals surface area contributed by atoms with E-state index in [1.807, 2.05) is 0 Å². The number of halogens is 1. The van der Waals surface area contributed by atoms with Crippen LogP contribution in [0.15, 0.2) is 18.2 Å². The van der Waals surface area contributed by atoms with Crippen LogP contribution in [-0.2, 0) is 11.3 Å². The second-order valence-electron chi connectivity index (χ2n) is 5.84. The van der Waals surface area contributed by atoms with Gasteiger partial charge in [-0.1, -0.05) is 12.8 Å². The zero-order valence-corrected chi connectivity index (χ0v) is 11.9. The van der Waals surface area contributed by atoms with E-state index >= 15 is 0 Å². The monoisotopic (exact) mass is 293 g/mol. The molecule has 2 unspecified atom stereocenters. The Morgan fingerprint density at radius 1 is 1.38 bits per heavy atom. The van der Waals surface area contributed by atoms with E-state index in [1.54, 1.807) is 0 Å². The Labute approximate surface area is 123 Å². The normalized spacial score (nSPS) is 26.3. The number of nitrogens with zero attached hydrogens (tertiary/aromatic N) is 1. The van der Waals surface area contributed by atoms with Crippen LogP contribution in [0.4, 0.5) is 4.39 Å². The van der Waals surface area contributed by atoms with Gasteiger partial charge in [0, 0.05) is 24.7 Å². The molecule has 21 heavy (non-hydrogen) atoms. The van der Waals surface area contributed by atoms with Gasteiger partial charge in [0.05, 0.1) is 18.3 Å². The second kappa shape index (κ2) is 6.12. The Balaban J connectivity index is 1.78. The number of fused-ring (bicyclic) bond motifs is 1. The molecule has 1 aliphatic heterocycles. The molecule has 1 N–H and O–H groups in total. The quantitative estimate of drug-likeness (QED) is 0.931. The van der Waals surface area contributed by atoms with Gasteiger partial charge in [-0.05, 0) is 31.0 Å². The number of hydrogen-bond donors (Lipinski definition) is 1. The van der Waals surface area contributed by atoms with Gasteiger partial charge in [-0.15, -0.1) is 0 Å². The number of carboxylic acids is 1. The van der Waals surface area contributed by atoms with Crippen molar-refractivity contribution in [3.63, 3.8) is 0 Å². The summed E-state index contributed by atoms with van der Waals surface area (Å²) >= 11 is 0. The lowest BCUT2D eigenvalue weighted by molar-refractivity contribution is -0.0913. The summed E-state index contributed by atoms with van der Waals surface area (Å²) in [6.07, 6.45) is 4.76. The summed E-state index contributed by atoms with van der Waals surface area (Å²) in [5, 5.41) is 9.04. The molecule has 1 heterocycles. The highest BCUT2D eigenvalue weighted by molar-refractivity contribution is 5.87. The van der Waals surface area contributed by atoms with Crippen molar-refractivity contribution in [1.82, 2.24) is 4.90 Å². The van der Waals surface area contributed by atoms with E-state index in [0.29, 0.717) is 24.8 Å². The van der Waals surface area contributed by atoms with Crippen LogP contribution in [0.2, 0.25) is 0 Å². The maximum Gasteiger partial charge on any atom is 0.335 e. The number of benzene rings is 1. The van der Waals surface area contributed by atoms with Crippen molar-refractivity contribution in [2.75, 3.05) is 13.2 Å². The van der Waals surface area contributed by atoms with E-state index in [0.717, 1.165) is 19.4 Å². The molecular formula is C16H20FNO3. The molecule has 0 aromatic heterocycles. The van der Waals surface area contributed by atoms with Crippen molar-refractivity contribution < 1.29 is 19.0 Å². The van der Waals surface area contributed by atoms with Crippen molar-refractivity contribution in [3.8, 4) is 0 Å². The Kier molecular flexibility index (Phi) is 4.22. The average molecular weight is 293 g/mol. The van der Waals surface area contributed by atoms with Crippen LogP contribution >= 0.6 is 0 Å². The van der Waals surface area contributed by atoms with Gasteiger partial charge in [0.15, 0.2) is 0 Å². The summed E-state index contributed by atoms with van der Waals surface area (Å²) in [4.78, 5) is 13.3. The molecule has 1 saturated heterocycles. The highest BCUT2D eigenvalue weighted by atomic mass is 19.1. The highest BCUT2D eigenvalue weighted by Crippen LogP contribution is 2.29. The molecule has 114 valence electrons. The van der Waals surface area contributed by atoms with Crippen LogP contribution in [0.5, 0.6) is 0 Å². The Bertz CT molecular complexity index is 532. The number of rotatable bonds is 3. The fraction of sp³-hybridized carbons (Fsp3) is 0.562. The number of ether oxygens (including phenoxy) is 1. The van der Waals surface area contributed by atoms with Crippen LogP contribution in [0.3, 0.4) is 0 Å². The molecule has 4 nitrogen and oxygen atoms in total. The minimum absolute atomic E-state index is 0.139. The zero-order valence-electron chi connectivity index (χ0n) is 11.9. The van der Waals surface area contributed by atoms with E-state index in [2.05, 4.69) is 4.90 Å². The first-order valence-electron chi connectivity index (χ1n) is 7.52. The van der Waals surface area contributed by atoms with Crippen LogP contribution < -0.4 is 0 Å². The summed E-state index contributed by atoms with van der Waals surface area (Å²) in [6, 6.07) is 4.34. The molecule has 1 aliphatic carbocycles. The average Bonchev–Trinajstić information content (AvgIpc) is 2.49. The first kappa shape index (κ1) is 14.5. The van der Waals surface area contributed by atoms with E-state index in [9.17, 15) is 9.18 Å². The van der Waals surface area contributed by atoms with Crippen LogP contribution in [0.1, 0.15) is 41.6 Å². The molecule has 1 saturated carbocycles. The van der Waals surface area contributed by atoms with Crippen molar-refractivity contribution >= 4 is 5.97 Å². The molecule has 2 atom stereocenters. The molecule has 0 amide bonds. The molecule has 0 radical (unpaired) electrons. The van der Waals surface area contributed by atoms with E-state index in [1.165, 1.54) is 31.0 Å². The Morgan fingerprint density at radius 3 is 3.00 bits per heavy atom. The van der Waals surface area contributed by atoms with E-state index < -0.39 is 5.97 Å². The SMILES string of the molecule is O=C(O)c1ccc(F)c(CN2CCOC3CCCCC32)c1. The van der Waals surface area contributed by atoms with Crippen molar-refractivity contribution in [3.05, 3.63) is 35.1 Å². The van der Waals surface area contributed by atoms with E-state index in [4.69, 9.17) is 9.84 Å². The third kappa shape index (κ3) is 3.09. The van der Waals surface area contributed by atoms with Crippen molar-refractivity contribution in [2.45, 2.75) is 44.4 Å². The summed E-state index contributed by atoms with van der Waals surface area (Å²) in [5.41, 5.74) is 0.598. The number of carboxylic acid groups (broad SMARTS) is 1. The van der Waals surface area contributed by atoms with Crippen molar-refractivity contribution in [1.29, 1.82) is 0 Å². The van der Waals surface area contributed by atoms with Gasteiger partial charge in [-0.25, -0.2) is 9.18 Å².